The number of benzene rings is 2. The molecule has 0 aliphatic heterocycles. The smallest absolute Gasteiger partial charge is 0.317 e. The van der Waals surface area contributed by atoms with Crippen molar-refractivity contribution in [3.8, 4) is 18.2 Å². The number of ether oxygens (including phenoxy) is 1. The molecule has 1 unspecified atom stereocenters. The molecule has 6 nitrogen and oxygen atoms in total. The van der Waals surface area contributed by atoms with Crippen molar-refractivity contribution in [1.29, 1.82) is 21.2 Å². The highest BCUT2D eigenvalue weighted by Gasteiger charge is 2.53. The number of carbonyl (C=O) groups excluding carboxylic acids is 1. The maximum atomic E-state index is 13.1. The minimum atomic E-state index is -2.21. The molecule has 0 amide bonds. The molecule has 0 spiro atoms. The summed E-state index contributed by atoms with van der Waals surface area (Å²) in [7, 11) is -1.62. The van der Waals surface area contributed by atoms with E-state index < -0.39 is 30.5 Å². The lowest BCUT2D eigenvalue weighted by Crippen LogP contribution is -2.44. The SMILES string of the molecule is CCOC(=O)C(P(c1ccccc1)c1ccccc1)C(C#N)(C#N)C(=C=N)C#N. The molecule has 142 valence electrons. The van der Waals surface area contributed by atoms with Crippen molar-refractivity contribution in [2.24, 2.45) is 5.41 Å². The second-order valence-electron chi connectivity index (χ2n) is 5.84. The number of hydrogen-bond acceptors (Lipinski definition) is 6. The van der Waals surface area contributed by atoms with E-state index in [1.807, 2.05) is 54.4 Å². The third-order valence-electron chi connectivity index (χ3n) is 4.23. The van der Waals surface area contributed by atoms with Crippen LogP contribution in [0.15, 0.2) is 66.2 Å². The van der Waals surface area contributed by atoms with E-state index in [0.717, 1.165) is 10.6 Å². The van der Waals surface area contributed by atoms with E-state index in [1.54, 1.807) is 37.3 Å². The van der Waals surface area contributed by atoms with Gasteiger partial charge in [-0.15, -0.1) is 0 Å². The molecular weight excluding hydrogens is 383 g/mol. The highest BCUT2D eigenvalue weighted by atomic mass is 31.1. The lowest BCUT2D eigenvalue weighted by Gasteiger charge is -2.33. The number of nitrogens with zero attached hydrogens (tertiary/aromatic N) is 3. The quantitative estimate of drug-likeness (QED) is 0.331. The third-order valence-corrected chi connectivity index (χ3v) is 7.05. The molecule has 29 heavy (non-hydrogen) atoms. The second kappa shape index (κ2) is 9.98. The minimum Gasteiger partial charge on any atom is -0.465 e. The number of allylic oxidation sites excluding steroid dienone is 1. The van der Waals surface area contributed by atoms with E-state index in [-0.39, 0.29) is 6.61 Å². The van der Waals surface area contributed by atoms with E-state index in [0.29, 0.717) is 0 Å². The Hall–Kier alpha value is -3.74. The molecular formula is C22H17N4O2P. The van der Waals surface area contributed by atoms with Gasteiger partial charge in [-0.1, -0.05) is 60.7 Å². The van der Waals surface area contributed by atoms with Crippen LogP contribution in [0.2, 0.25) is 0 Å². The Labute approximate surface area is 170 Å². The zero-order valence-electron chi connectivity index (χ0n) is 15.7. The van der Waals surface area contributed by atoms with Crippen molar-refractivity contribution in [2.45, 2.75) is 12.6 Å². The van der Waals surface area contributed by atoms with Gasteiger partial charge in [0, 0.05) is 0 Å². The van der Waals surface area contributed by atoms with Gasteiger partial charge in [0.1, 0.15) is 17.3 Å². The standard InChI is InChI=1S/C22H17N4O2P/c1-2-28-21(27)20(22(15-25,16-26)17(13-23)14-24)29(18-9-5-3-6-10-18)19-11-7-4-8-12-19/h3-12,20,23H,2H2,1H3. The summed E-state index contributed by atoms with van der Waals surface area (Å²) >= 11 is 0. The molecule has 2 aromatic rings. The molecule has 0 aliphatic rings. The summed E-state index contributed by atoms with van der Waals surface area (Å²) < 4.78 is 5.24. The number of nitrogens with one attached hydrogen (secondary N) is 1. The number of nitriles is 3. The van der Waals surface area contributed by atoms with Crippen molar-refractivity contribution >= 4 is 30.4 Å². The summed E-state index contributed by atoms with van der Waals surface area (Å²) in [6.07, 6.45) is 0. The summed E-state index contributed by atoms with van der Waals surface area (Å²) in [5, 5.41) is 38.4. The van der Waals surface area contributed by atoms with E-state index in [9.17, 15) is 20.6 Å². The Kier molecular flexibility index (Phi) is 7.42. The molecule has 0 saturated carbocycles. The van der Waals surface area contributed by atoms with Gasteiger partial charge >= 0.3 is 5.97 Å². The van der Waals surface area contributed by atoms with Crippen molar-refractivity contribution < 1.29 is 9.53 Å². The van der Waals surface area contributed by atoms with Crippen molar-refractivity contribution in [1.82, 2.24) is 0 Å². The Morgan fingerprint density at radius 2 is 1.52 bits per heavy atom. The molecule has 1 N–H and O–H groups in total. The first-order chi connectivity index (χ1) is 14.1. The lowest BCUT2D eigenvalue weighted by atomic mass is 9.80. The molecule has 1 atom stereocenters. The summed E-state index contributed by atoms with van der Waals surface area (Å²) in [5.74, 6) is 1.13. The summed E-state index contributed by atoms with van der Waals surface area (Å²) in [4.78, 5) is 13.1. The molecule has 0 aromatic heterocycles. The predicted molar refractivity (Wildman–Crippen MR) is 110 cm³/mol. The van der Waals surface area contributed by atoms with Crippen LogP contribution >= 0.6 is 7.92 Å². The van der Waals surface area contributed by atoms with Gasteiger partial charge in [0.05, 0.1) is 18.7 Å². The fourth-order valence-electron chi connectivity index (χ4n) is 2.93. The Balaban J connectivity index is 2.89. The molecule has 2 aromatic carbocycles. The Morgan fingerprint density at radius 3 is 1.86 bits per heavy atom. The fourth-order valence-corrected chi connectivity index (χ4v) is 5.73. The van der Waals surface area contributed by atoms with Crippen LogP contribution in [0.5, 0.6) is 0 Å². The van der Waals surface area contributed by atoms with Gasteiger partial charge in [-0.05, 0) is 31.3 Å². The van der Waals surface area contributed by atoms with Gasteiger partial charge in [0.25, 0.3) is 0 Å². The van der Waals surface area contributed by atoms with Gasteiger partial charge in [-0.25, -0.2) is 0 Å². The van der Waals surface area contributed by atoms with Crippen LogP contribution in [-0.2, 0) is 9.53 Å². The van der Waals surface area contributed by atoms with Crippen LogP contribution in [-0.4, -0.2) is 24.1 Å². The Morgan fingerprint density at radius 1 is 1.03 bits per heavy atom. The molecule has 7 heteroatoms. The number of esters is 1. The Bertz CT molecular complexity index is 989. The van der Waals surface area contributed by atoms with E-state index in [1.165, 1.54) is 0 Å². The molecule has 0 saturated heterocycles. The molecule has 0 fully saturated rings. The van der Waals surface area contributed by atoms with Gasteiger partial charge in [0.15, 0.2) is 0 Å². The summed E-state index contributed by atoms with van der Waals surface area (Å²) in [6, 6.07) is 23.5. The first kappa shape index (κ1) is 21.6. The van der Waals surface area contributed by atoms with Crippen LogP contribution in [0.4, 0.5) is 0 Å². The second-order valence-corrected chi connectivity index (χ2v) is 8.13. The van der Waals surface area contributed by atoms with Crippen LogP contribution in [0.3, 0.4) is 0 Å². The first-order valence-electron chi connectivity index (χ1n) is 8.68. The molecule has 0 radical (unpaired) electrons. The van der Waals surface area contributed by atoms with E-state index in [4.69, 9.17) is 10.1 Å². The number of hydrogen-bond donors (Lipinski definition) is 1. The van der Waals surface area contributed by atoms with Gasteiger partial charge < -0.3 is 4.74 Å². The highest BCUT2D eigenvalue weighted by Crippen LogP contribution is 2.50. The number of rotatable bonds is 7. The molecule has 2 rings (SSSR count). The monoisotopic (exact) mass is 400 g/mol. The average Bonchev–Trinajstić information content (AvgIpc) is 2.77. The third kappa shape index (κ3) is 4.24. The van der Waals surface area contributed by atoms with Crippen molar-refractivity contribution in [3.05, 3.63) is 66.2 Å². The molecule has 0 bridgehead atoms. The van der Waals surface area contributed by atoms with E-state index in [2.05, 4.69) is 0 Å². The van der Waals surface area contributed by atoms with Crippen LogP contribution < -0.4 is 10.6 Å². The minimum absolute atomic E-state index is 0.0468. The maximum absolute atomic E-state index is 13.1. The largest absolute Gasteiger partial charge is 0.465 e. The predicted octanol–water partition coefficient (Wildman–Crippen LogP) is 2.78. The zero-order chi connectivity index (χ0) is 21.3. The van der Waals surface area contributed by atoms with Crippen LogP contribution in [0, 0.1) is 44.8 Å². The molecule has 0 heterocycles. The van der Waals surface area contributed by atoms with Crippen molar-refractivity contribution in [2.75, 3.05) is 6.61 Å². The topological polar surface area (TPSA) is 122 Å². The normalized spacial score (nSPS) is 11.3. The maximum Gasteiger partial charge on any atom is 0.317 e. The van der Waals surface area contributed by atoms with Crippen molar-refractivity contribution in [3.63, 3.8) is 0 Å². The molecule has 0 aliphatic carbocycles. The van der Waals surface area contributed by atoms with Crippen LogP contribution in [0.1, 0.15) is 6.92 Å². The average molecular weight is 400 g/mol. The number of carbonyl (C=O) groups is 1. The fraction of sp³-hybridized carbons (Fsp3) is 0.182. The lowest BCUT2D eigenvalue weighted by molar-refractivity contribution is -0.143. The highest BCUT2D eigenvalue weighted by molar-refractivity contribution is 7.74. The van der Waals surface area contributed by atoms with E-state index >= 15 is 0 Å². The van der Waals surface area contributed by atoms with Crippen LogP contribution in [0.25, 0.3) is 0 Å². The first-order valence-corrected chi connectivity index (χ1v) is 10.1. The zero-order valence-corrected chi connectivity index (χ0v) is 16.6. The van der Waals surface area contributed by atoms with Gasteiger partial charge in [-0.2, -0.15) is 15.8 Å². The van der Waals surface area contributed by atoms with Gasteiger partial charge in [0.2, 0.25) is 5.41 Å². The summed E-state index contributed by atoms with van der Waals surface area (Å²) in [5.41, 5.74) is -4.04. The van der Waals surface area contributed by atoms with Gasteiger partial charge in [-0.3, -0.25) is 10.2 Å². The summed E-state index contributed by atoms with van der Waals surface area (Å²) in [6.45, 7) is 1.67.